The van der Waals surface area contributed by atoms with Gasteiger partial charge in [0.15, 0.2) is 10.1 Å². The molecule has 0 bridgehead atoms. The number of carbonyl (C=O) groups is 1. The molecule has 0 aliphatic carbocycles. The third-order valence-electron chi connectivity index (χ3n) is 3.57. The van der Waals surface area contributed by atoms with Crippen LogP contribution in [-0.4, -0.2) is 15.3 Å². The van der Waals surface area contributed by atoms with Crippen molar-refractivity contribution in [3.8, 4) is 0 Å². The number of nitrogens with zero attached hydrogens (tertiary/aromatic N) is 2. The summed E-state index contributed by atoms with van der Waals surface area (Å²) in [6.45, 7) is 6.02. The van der Waals surface area contributed by atoms with E-state index >= 15 is 0 Å². The summed E-state index contributed by atoms with van der Waals surface area (Å²) in [6, 6.07) is 4.10. The van der Waals surface area contributed by atoms with Crippen molar-refractivity contribution in [3.63, 3.8) is 0 Å². The third-order valence-corrected chi connectivity index (χ3v) is 4.61. The Morgan fingerprint density at radius 3 is 2.70 bits per heavy atom. The van der Waals surface area contributed by atoms with Gasteiger partial charge in [0.05, 0.1) is 5.69 Å². The molecule has 2 heterocycles. The number of hydrogen-bond donors (Lipinski definition) is 1. The molecule has 0 fully saturated rings. The molecule has 0 saturated carbocycles. The van der Waals surface area contributed by atoms with Gasteiger partial charge in [0.1, 0.15) is 0 Å². The smallest absolute Gasteiger partial charge is 0.248 e. The zero-order valence-electron chi connectivity index (χ0n) is 13.1. The van der Waals surface area contributed by atoms with E-state index in [1.165, 1.54) is 23.0 Å². The maximum Gasteiger partial charge on any atom is 0.248 e. The first-order chi connectivity index (χ1) is 11.0. The molecule has 1 N–H and O–H groups in total. The van der Waals surface area contributed by atoms with E-state index in [1.807, 2.05) is 36.7 Å². The van der Waals surface area contributed by atoms with Crippen molar-refractivity contribution in [2.24, 2.45) is 0 Å². The SMILES string of the molecule is Cc1cc(C)c(NC(=O)C=Cc2c(Cl)nc3sccn23)c(C)c1. The van der Waals surface area contributed by atoms with Crippen LogP contribution in [0.2, 0.25) is 5.15 Å². The molecule has 0 aliphatic rings. The summed E-state index contributed by atoms with van der Waals surface area (Å²) in [6.07, 6.45) is 5.04. The van der Waals surface area contributed by atoms with Crippen LogP contribution >= 0.6 is 22.9 Å². The van der Waals surface area contributed by atoms with Gasteiger partial charge in [0.2, 0.25) is 5.91 Å². The molecule has 0 spiro atoms. The zero-order valence-corrected chi connectivity index (χ0v) is 14.6. The Kier molecular flexibility index (Phi) is 4.24. The number of rotatable bonds is 3. The highest BCUT2D eigenvalue weighted by Crippen LogP contribution is 2.24. The Labute approximate surface area is 143 Å². The predicted molar refractivity (Wildman–Crippen MR) is 96.4 cm³/mol. The molecule has 118 valence electrons. The number of hydrogen-bond acceptors (Lipinski definition) is 3. The van der Waals surface area contributed by atoms with Gasteiger partial charge in [0.25, 0.3) is 0 Å². The van der Waals surface area contributed by atoms with Gasteiger partial charge >= 0.3 is 0 Å². The van der Waals surface area contributed by atoms with Gasteiger partial charge in [0, 0.05) is 23.3 Å². The minimum atomic E-state index is -0.193. The lowest BCUT2D eigenvalue weighted by atomic mass is 10.1. The number of halogens is 1. The second-order valence-corrected chi connectivity index (χ2v) is 6.67. The topological polar surface area (TPSA) is 46.4 Å². The Morgan fingerprint density at radius 1 is 1.30 bits per heavy atom. The molecule has 0 saturated heterocycles. The molecular weight excluding hydrogens is 330 g/mol. The van der Waals surface area contributed by atoms with Crippen LogP contribution in [-0.2, 0) is 4.79 Å². The summed E-state index contributed by atoms with van der Waals surface area (Å²) in [5, 5.41) is 5.25. The number of amides is 1. The standard InChI is InChI=1S/C17H16ClN3OS/c1-10-8-11(2)15(12(3)9-10)19-14(22)5-4-13-16(18)20-17-21(13)6-7-23-17/h4-9H,1-3H3,(H,19,22). The van der Waals surface area contributed by atoms with E-state index in [4.69, 9.17) is 11.6 Å². The molecule has 0 aliphatic heterocycles. The number of thiazole rings is 1. The molecule has 0 radical (unpaired) electrons. The van der Waals surface area contributed by atoms with Crippen molar-refractivity contribution in [2.75, 3.05) is 5.32 Å². The van der Waals surface area contributed by atoms with Crippen molar-refractivity contribution in [2.45, 2.75) is 20.8 Å². The number of nitrogens with one attached hydrogen (secondary N) is 1. The van der Waals surface area contributed by atoms with E-state index in [0.717, 1.165) is 21.8 Å². The summed E-state index contributed by atoms with van der Waals surface area (Å²) in [4.78, 5) is 17.3. The third kappa shape index (κ3) is 3.16. The Morgan fingerprint density at radius 2 is 2.00 bits per heavy atom. The van der Waals surface area contributed by atoms with Crippen LogP contribution < -0.4 is 5.32 Å². The lowest BCUT2D eigenvalue weighted by molar-refractivity contribution is -0.111. The average molecular weight is 346 g/mol. The average Bonchev–Trinajstić information content (AvgIpc) is 3.01. The fraction of sp³-hybridized carbons (Fsp3) is 0.176. The Balaban J connectivity index is 1.82. The fourth-order valence-electron chi connectivity index (χ4n) is 2.62. The highest BCUT2D eigenvalue weighted by atomic mass is 35.5. The molecule has 2 aromatic heterocycles. The van der Waals surface area contributed by atoms with Gasteiger partial charge < -0.3 is 5.32 Å². The summed E-state index contributed by atoms with van der Waals surface area (Å²) >= 11 is 7.61. The van der Waals surface area contributed by atoms with Gasteiger partial charge in [-0.2, -0.15) is 0 Å². The highest BCUT2D eigenvalue weighted by Gasteiger charge is 2.10. The molecular formula is C17H16ClN3OS. The minimum absolute atomic E-state index is 0.193. The maximum atomic E-state index is 12.2. The second-order valence-electron chi connectivity index (χ2n) is 5.44. The molecule has 3 rings (SSSR count). The van der Waals surface area contributed by atoms with Crippen molar-refractivity contribution in [1.82, 2.24) is 9.38 Å². The first kappa shape index (κ1) is 15.8. The van der Waals surface area contributed by atoms with E-state index in [0.29, 0.717) is 10.8 Å². The van der Waals surface area contributed by atoms with Crippen LogP contribution in [0.3, 0.4) is 0 Å². The first-order valence-corrected chi connectivity index (χ1v) is 8.39. The monoisotopic (exact) mass is 345 g/mol. The number of anilines is 1. The molecule has 0 unspecified atom stereocenters. The van der Waals surface area contributed by atoms with Crippen molar-refractivity contribution in [3.05, 3.63) is 57.3 Å². The lowest BCUT2D eigenvalue weighted by Crippen LogP contribution is -2.10. The quantitative estimate of drug-likeness (QED) is 0.704. The molecule has 4 nitrogen and oxygen atoms in total. The maximum absolute atomic E-state index is 12.2. The molecule has 0 atom stereocenters. The summed E-state index contributed by atoms with van der Waals surface area (Å²) in [5.41, 5.74) is 4.83. The van der Waals surface area contributed by atoms with Crippen LogP contribution in [0.15, 0.2) is 29.8 Å². The fourth-order valence-corrected chi connectivity index (χ4v) is 3.63. The van der Waals surface area contributed by atoms with Gasteiger partial charge in [-0.3, -0.25) is 9.20 Å². The second kappa shape index (κ2) is 6.18. The van der Waals surface area contributed by atoms with Crippen LogP contribution in [0.25, 0.3) is 11.0 Å². The Hall–Kier alpha value is -2.11. The van der Waals surface area contributed by atoms with E-state index in [1.54, 1.807) is 6.08 Å². The number of imidazole rings is 1. The molecule has 6 heteroatoms. The van der Waals surface area contributed by atoms with Crippen molar-refractivity contribution >= 4 is 45.6 Å². The summed E-state index contributed by atoms with van der Waals surface area (Å²) < 4.78 is 1.86. The van der Waals surface area contributed by atoms with E-state index < -0.39 is 0 Å². The zero-order chi connectivity index (χ0) is 16.6. The van der Waals surface area contributed by atoms with E-state index in [9.17, 15) is 4.79 Å². The van der Waals surface area contributed by atoms with Crippen LogP contribution in [0.4, 0.5) is 5.69 Å². The molecule has 1 aromatic carbocycles. The number of benzene rings is 1. The molecule has 3 aromatic rings. The molecule has 1 amide bonds. The number of aromatic nitrogens is 2. The Bertz CT molecular complexity index is 900. The number of fused-ring (bicyclic) bond motifs is 1. The normalized spacial score (nSPS) is 11.5. The van der Waals surface area contributed by atoms with Gasteiger partial charge in [-0.1, -0.05) is 29.3 Å². The molecule has 23 heavy (non-hydrogen) atoms. The van der Waals surface area contributed by atoms with Crippen molar-refractivity contribution in [1.29, 1.82) is 0 Å². The summed E-state index contributed by atoms with van der Waals surface area (Å²) in [5.74, 6) is -0.193. The van der Waals surface area contributed by atoms with Crippen molar-refractivity contribution < 1.29 is 4.79 Å². The lowest BCUT2D eigenvalue weighted by Gasteiger charge is -2.11. The first-order valence-electron chi connectivity index (χ1n) is 7.13. The van der Waals surface area contributed by atoms with E-state index in [2.05, 4.69) is 22.4 Å². The van der Waals surface area contributed by atoms with Crippen LogP contribution in [0, 0.1) is 20.8 Å². The largest absolute Gasteiger partial charge is 0.322 e. The van der Waals surface area contributed by atoms with E-state index in [-0.39, 0.29) is 5.91 Å². The number of carbonyl (C=O) groups excluding carboxylic acids is 1. The van der Waals surface area contributed by atoms with Gasteiger partial charge in [-0.05, 0) is 38.0 Å². The summed E-state index contributed by atoms with van der Waals surface area (Å²) in [7, 11) is 0. The highest BCUT2D eigenvalue weighted by molar-refractivity contribution is 7.15. The van der Waals surface area contributed by atoms with Gasteiger partial charge in [-0.25, -0.2) is 4.98 Å². The van der Waals surface area contributed by atoms with Gasteiger partial charge in [-0.15, -0.1) is 11.3 Å². The predicted octanol–water partition coefficient (Wildman–Crippen LogP) is 4.63. The number of aryl methyl sites for hydroxylation is 3. The van der Waals surface area contributed by atoms with Crippen LogP contribution in [0.1, 0.15) is 22.4 Å². The minimum Gasteiger partial charge on any atom is -0.322 e. The van der Waals surface area contributed by atoms with Crippen LogP contribution in [0.5, 0.6) is 0 Å².